The second-order valence-electron chi connectivity index (χ2n) is 3.00. The van der Waals surface area contributed by atoms with Crippen molar-refractivity contribution in [2.75, 3.05) is 17.6 Å². The van der Waals surface area contributed by atoms with E-state index in [4.69, 9.17) is 5.73 Å². The molecular weight excluding hydrogens is 227 g/mol. The van der Waals surface area contributed by atoms with Crippen molar-refractivity contribution in [3.8, 4) is 0 Å². The van der Waals surface area contributed by atoms with Gasteiger partial charge in [0.25, 0.3) is 5.69 Å². The number of nitrogens with zero attached hydrogens (tertiary/aromatic N) is 1. The molecule has 88 valence electrons. The molecule has 0 spiro atoms. The van der Waals surface area contributed by atoms with Crippen molar-refractivity contribution in [2.24, 2.45) is 0 Å². The van der Waals surface area contributed by atoms with Gasteiger partial charge in [-0.1, -0.05) is 0 Å². The predicted octanol–water partition coefficient (Wildman–Crippen LogP) is 2.15. The zero-order chi connectivity index (χ0) is 12.3. The summed E-state index contributed by atoms with van der Waals surface area (Å²) in [6, 6.07) is 3.30. The van der Waals surface area contributed by atoms with Crippen LogP contribution in [0.25, 0.3) is 0 Å². The van der Waals surface area contributed by atoms with Gasteiger partial charge in [-0.2, -0.15) is 13.2 Å². The van der Waals surface area contributed by atoms with Crippen molar-refractivity contribution in [1.82, 2.24) is 0 Å². The molecule has 16 heavy (non-hydrogen) atoms. The lowest BCUT2D eigenvalue weighted by Crippen LogP contribution is -2.21. The third kappa shape index (κ3) is 3.30. The van der Waals surface area contributed by atoms with Crippen LogP contribution in [0.2, 0.25) is 0 Å². The SMILES string of the molecule is Nc1cc(NCC(F)(F)F)ccc1[N+](=O)[O-]. The maximum atomic E-state index is 11.8. The Labute approximate surface area is 88.2 Å². The monoisotopic (exact) mass is 235 g/mol. The van der Waals surface area contributed by atoms with E-state index < -0.39 is 17.6 Å². The minimum absolute atomic E-state index is 0.0837. The Morgan fingerprint density at radius 2 is 2.06 bits per heavy atom. The highest BCUT2D eigenvalue weighted by molar-refractivity contribution is 5.65. The number of hydrogen-bond donors (Lipinski definition) is 2. The van der Waals surface area contributed by atoms with Gasteiger partial charge in [-0.3, -0.25) is 10.1 Å². The van der Waals surface area contributed by atoms with E-state index in [9.17, 15) is 23.3 Å². The third-order valence-electron chi connectivity index (χ3n) is 1.72. The Morgan fingerprint density at radius 1 is 1.44 bits per heavy atom. The number of alkyl halides is 3. The molecule has 0 unspecified atom stereocenters. The summed E-state index contributed by atoms with van der Waals surface area (Å²) in [5, 5.41) is 12.4. The highest BCUT2D eigenvalue weighted by atomic mass is 19.4. The molecule has 0 atom stereocenters. The Hall–Kier alpha value is -1.99. The average Bonchev–Trinajstić information content (AvgIpc) is 2.13. The van der Waals surface area contributed by atoms with Crippen LogP contribution in [0.3, 0.4) is 0 Å². The molecule has 0 saturated heterocycles. The fourth-order valence-electron chi connectivity index (χ4n) is 1.03. The van der Waals surface area contributed by atoms with E-state index in [0.29, 0.717) is 0 Å². The number of rotatable bonds is 3. The van der Waals surface area contributed by atoms with Gasteiger partial charge < -0.3 is 11.1 Å². The summed E-state index contributed by atoms with van der Waals surface area (Å²) in [6.45, 7) is -1.22. The molecule has 1 rings (SSSR count). The zero-order valence-corrected chi connectivity index (χ0v) is 7.91. The van der Waals surface area contributed by atoms with Crippen LogP contribution in [0.5, 0.6) is 0 Å². The van der Waals surface area contributed by atoms with E-state index in [1.54, 1.807) is 0 Å². The lowest BCUT2D eigenvalue weighted by molar-refractivity contribution is -0.383. The topological polar surface area (TPSA) is 81.2 Å². The van der Waals surface area contributed by atoms with Crippen molar-refractivity contribution in [3.05, 3.63) is 28.3 Å². The second kappa shape index (κ2) is 4.25. The molecule has 0 saturated carbocycles. The Bertz CT molecular complexity index is 406. The van der Waals surface area contributed by atoms with Crippen LogP contribution >= 0.6 is 0 Å². The lowest BCUT2D eigenvalue weighted by Gasteiger charge is -2.09. The Morgan fingerprint density at radius 3 is 2.50 bits per heavy atom. The maximum absolute atomic E-state index is 11.8. The molecule has 1 aromatic carbocycles. The molecule has 0 aliphatic carbocycles. The number of nitrogen functional groups attached to an aromatic ring is 1. The molecule has 8 heteroatoms. The molecular formula is C8H8F3N3O2. The highest BCUT2D eigenvalue weighted by Crippen LogP contribution is 2.25. The third-order valence-corrected chi connectivity index (χ3v) is 1.72. The number of nitro groups is 1. The number of nitrogens with one attached hydrogen (secondary N) is 1. The summed E-state index contributed by atoms with van der Waals surface area (Å²) in [5.74, 6) is 0. The van der Waals surface area contributed by atoms with Gasteiger partial charge in [0.05, 0.1) is 4.92 Å². The van der Waals surface area contributed by atoms with E-state index in [-0.39, 0.29) is 17.1 Å². The molecule has 5 nitrogen and oxygen atoms in total. The van der Waals surface area contributed by atoms with Gasteiger partial charge in [-0.25, -0.2) is 0 Å². The number of nitro benzene ring substituents is 1. The molecule has 0 radical (unpaired) electrons. The summed E-state index contributed by atoms with van der Waals surface area (Å²) in [7, 11) is 0. The summed E-state index contributed by atoms with van der Waals surface area (Å²) < 4.78 is 35.5. The normalized spacial score (nSPS) is 11.2. The Kier molecular flexibility index (Phi) is 3.21. The quantitative estimate of drug-likeness (QED) is 0.477. The van der Waals surface area contributed by atoms with Crippen LogP contribution in [0.1, 0.15) is 0 Å². The van der Waals surface area contributed by atoms with Gasteiger partial charge >= 0.3 is 6.18 Å². The van der Waals surface area contributed by atoms with E-state index in [1.165, 1.54) is 6.07 Å². The van der Waals surface area contributed by atoms with Crippen LogP contribution < -0.4 is 11.1 Å². The van der Waals surface area contributed by atoms with E-state index in [0.717, 1.165) is 12.1 Å². The minimum Gasteiger partial charge on any atom is -0.393 e. The van der Waals surface area contributed by atoms with E-state index in [1.807, 2.05) is 0 Å². The van der Waals surface area contributed by atoms with Crippen molar-refractivity contribution in [2.45, 2.75) is 6.18 Å². The molecule has 0 aromatic heterocycles. The van der Waals surface area contributed by atoms with Crippen LogP contribution in [-0.4, -0.2) is 17.6 Å². The van der Waals surface area contributed by atoms with Crippen LogP contribution in [-0.2, 0) is 0 Å². The first-order valence-corrected chi connectivity index (χ1v) is 4.14. The molecule has 0 fully saturated rings. The van der Waals surface area contributed by atoms with Crippen LogP contribution in [0.15, 0.2) is 18.2 Å². The smallest absolute Gasteiger partial charge is 0.393 e. The zero-order valence-electron chi connectivity index (χ0n) is 7.91. The van der Waals surface area contributed by atoms with Crippen molar-refractivity contribution >= 4 is 17.1 Å². The van der Waals surface area contributed by atoms with E-state index in [2.05, 4.69) is 5.32 Å². The first-order valence-electron chi connectivity index (χ1n) is 4.14. The van der Waals surface area contributed by atoms with Crippen LogP contribution in [0, 0.1) is 10.1 Å². The minimum atomic E-state index is -4.35. The van der Waals surface area contributed by atoms with Gasteiger partial charge in [-0.15, -0.1) is 0 Å². The summed E-state index contributed by atoms with van der Waals surface area (Å²) in [5.41, 5.74) is 4.86. The maximum Gasteiger partial charge on any atom is 0.405 e. The van der Waals surface area contributed by atoms with Crippen LogP contribution in [0.4, 0.5) is 30.2 Å². The van der Waals surface area contributed by atoms with Gasteiger partial charge in [0.1, 0.15) is 12.2 Å². The first kappa shape index (κ1) is 12.1. The van der Waals surface area contributed by atoms with Crippen molar-refractivity contribution in [3.63, 3.8) is 0 Å². The fraction of sp³-hybridized carbons (Fsp3) is 0.250. The second-order valence-corrected chi connectivity index (χ2v) is 3.00. The number of anilines is 2. The number of hydrogen-bond acceptors (Lipinski definition) is 4. The van der Waals surface area contributed by atoms with Crippen molar-refractivity contribution in [1.29, 1.82) is 0 Å². The summed E-state index contributed by atoms with van der Waals surface area (Å²) in [6.07, 6.45) is -4.35. The molecule has 0 bridgehead atoms. The average molecular weight is 235 g/mol. The Balaban J connectivity index is 2.78. The van der Waals surface area contributed by atoms with Crippen molar-refractivity contribution < 1.29 is 18.1 Å². The molecule has 0 amide bonds. The molecule has 0 heterocycles. The predicted molar refractivity (Wildman–Crippen MR) is 52.1 cm³/mol. The molecule has 1 aromatic rings. The molecule has 0 aliphatic rings. The summed E-state index contributed by atoms with van der Waals surface area (Å²) >= 11 is 0. The summed E-state index contributed by atoms with van der Waals surface area (Å²) in [4.78, 5) is 9.67. The first-order chi connectivity index (χ1) is 7.29. The number of benzene rings is 1. The molecule has 3 N–H and O–H groups in total. The van der Waals surface area contributed by atoms with Gasteiger partial charge in [-0.05, 0) is 12.1 Å². The van der Waals surface area contributed by atoms with Gasteiger partial charge in [0.2, 0.25) is 0 Å². The number of nitrogens with two attached hydrogens (primary N) is 1. The van der Waals surface area contributed by atoms with Gasteiger partial charge in [0.15, 0.2) is 0 Å². The fourth-order valence-corrected chi connectivity index (χ4v) is 1.03. The van der Waals surface area contributed by atoms with Gasteiger partial charge in [0, 0.05) is 11.8 Å². The standard InChI is InChI=1S/C8H8F3N3O2/c9-8(10,11)4-13-5-1-2-7(14(15)16)6(12)3-5/h1-3,13H,4,12H2. The largest absolute Gasteiger partial charge is 0.405 e. The highest BCUT2D eigenvalue weighted by Gasteiger charge is 2.26. The molecule has 0 aliphatic heterocycles. The van der Waals surface area contributed by atoms with E-state index >= 15 is 0 Å². The lowest BCUT2D eigenvalue weighted by atomic mass is 10.2. The number of halogens is 3.